The Morgan fingerprint density at radius 3 is 2.56 bits per heavy atom. The van der Waals surface area contributed by atoms with Crippen molar-refractivity contribution in [3.63, 3.8) is 0 Å². The van der Waals surface area contributed by atoms with Crippen molar-refractivity contribution in [3.8, 4) is 5.75 Å². The van der Waals surface area contributed by atoms with Gasteiger partial charge in [-0.25, -0.2) is 9.18 Å². The van der Waals surface area contributed by atoms with Gasteiger partial charge in [0.05, 0.1) is 24.2 Å². The molecule has 32 heavy (non-hydrogen) atoms. The molecule has 7 nitrogen and oxygen atoms in total. The number of fused-ring (bicyclic) bond motifs is 1. The molecule has 164 valence electrons. The van der Waals surface area contributed by atoms with Gasteiger partial charge < -0.3 is 10.1 Å². The minimum absolute atomic E-state index is 0.0463. The smallest absolute Gasteiger partial charge is 0.332 e. The number of carbonyl (C=O) groups is 1. The number of amides is 1. The Balaban J connectivity index is 1.68. The van der Waals surface area contributed by atoms with Gasteiger partial charge in [0.15, 0.2) is 0 Å². The highest BCUT2D eigenvalue weighted by atomic mass is 35.5. The number of thiophene rings is 1. The van der Waals surface area contributed by atoms with Crippen molar-refractivity contribution < 1.29 is 13.9 Å². The number of carbonyl (C=O) groups excluding carboxylic acids is 1. The molecule has 0 spiro atoms. The molecule has 2 aromatic carbocycles. The third-order valence-corrected chi connectivity index (χ3v) is 6.02. The summed E-state index contributed by atoms with van der Waals surface area (Å²) in [6, 6.07) is 12.4. The molecule has 0 unspecified atom stereocenters. The summed E-state index contributed by atoms with van der Waals surface area (Å²) in [7, 11) is 1.55. The average molecular weight is 474 g/mol. The zero-order valence-electron chi connectivity index (χ0n) is 16.8. The molecule has 0 atom stereocenters. The van der Waals surface area contributed by atoms with Gasteiger partial charge in [-0.3, -0.25) is 18.7 Å². The Hall–Kier alpha value is -3.43. The van der Waals surface area contributed by atoms with E-state index in [-0.39, 0.29) is 18.1 Å². The third kappa shape index (κ3) is 4.30. The standard InChI is InChI=1S/C22H17ClFN3O4S/c1-31-15-5-2-13(3-6-15)11-27-21(29)20-18(8-9-32-20)26(22(27)30)12-19(28)25-14-4-7-17(24)16(23)10-14/h2-10H,11-12H2,1H3,(H,25,28). The molecular weight excluding hydrogens is 457 g/mol. The number of hydrogen-bond donors (Lipinski definition) is 1. The van der Waals surface area contributed by atoms with Crippen LogP contribution in [-0.2, 0) is 17.9 Å². The summed E-state index contributed by atoms with van der Waals surface area (Å²) in [5, 5.41) is 4.15. The van der Waals surface area contributed by atoms with Crippen LogP contribution in [-0.4, -0.2) is 22.2 Å². The lowest BCUT2D eigenvalue weighted by Gasteiger charge is -2.13. The molecule has 2 heterocycles. The van der Waals surface area contributed by atoms with Crippen LogP contribution in [0.15, 0.2) is 63.5 Å². The molecule has 0 saturated carbocycles. The zero-order valence-corrected chi connectivity index (χ0v) is 18.4. The summed E-state index contributed by atoms with van der Waals surface area (Å²) in [5.74, 6) is -0.465. The molecule has 0 radical (unpaired) electrons. The second-order valence-electron chi connectivity index (χ2n) is 6.92. The fourth-order valence-electron chi connectivity index (χ4n) is 3.26. The summed E-state index contributed by atoms with van der Waals surface area (Å²) in [5.41, 5.74) is 0.380. The first kappa shape index (κ1) is 21.8. The van der Waals surface area contributed by atoms with Gasteiger partial charge in [-0.2, -0.15) is 0 Å². The average Bonchev–Trinajstić information content (AvgIpc) is 3.27. The predicted molar refractivity (Wildman–Crippen MR) is 122 cm³/mol. The van der Waals surface area contributed by atoms with Gasteiger partial charge >= 0.3 is 5.69 Å². The third-order valence-electron chi connectivity index (χ3n) is 4.84. The molecule has 1 amide bonds. The highest BCUT2D eigenvalue weighted by molar-refractivity contribution is 7.17. The van der Waals surface area contributed by atoms with Gasteiger partial charge in [-0.15, -0.1) is 11.3 Å². The quantitative estimate of drug-likeness (QED) is 0.463. The van der Waals surface area contributed by atoms with Gasteiger partial charge in [0, 0.05) is 5.69 Å². The van der Waals surface area contributed by atoms with Gasteiger partial charge in [0.1, 0.15) is 22.8 Å². The van der Waals surface area contributed by atoms with E-state index < -0.39 is 23.0 Å². The van der Waals surface area contributed by atoms with Crippen molar-refractivity contribution >= 4 is 44.7 Å². The molecule has 0 aliphatic rings. The van der Waals surface area contributed by atoms with Crippen molar-refractivity contribution in [1.82, 2.24) is 9.13 Å². The van der Waals surface area contributed by atoms with Gasteiger partial charge in [0.2, 0.25) is 5.91 Å². The summed E-state index contributed by atoms with van der Waals surface area (Å²) in [4.78, 5) is 38.7. The van der Waals surface area contributed by atoms with Crippen LogP contribution in [0.3, 0.4) is 0 Å². The van der Waals surface area contributed by atoms with E-state index in [0.717, 1.165) is 16.2 Å². The number of nitrogens with one attached hydrogen (secondary N) is 1. The topological polar surface area (TPSA) is 82.3 Å². The van der Waals surface area contributed by atoms with E-state index in [1.807, 2.05) is 0 Å². The summed E-state index contributed by atoms with van der Waals surface area (Å²) in [6.07, 6.45) is 0. The van der Waals surface area contributed by atoms with Crippen molar-refractivity contribution in [2.45, 2.75) is 13.1 Å². The van der Waals surface area contributed by atoms with E-state index in [1.54, 1.807) is 42.8 Å². The second-order valence-corrected chi connectivity index (χ2v) is 8.24. The molecule has 0 bridgehead atoms. The molecule has 10 heteroatoms. The molecule has 0 aliphatic carbocycles. The maximum Gasteiger partial charge on any atom is 0.332 e. The van der Waals surface area contributed by atoms with Crippen LogP contribution >= 0.6 is 22.9 Å². The minimum atomic E-state index is -0.607. The number of hydrogen-bond acceptors (Lipinski definition) is 5. The lowest BCUT2D eigenvalue weighted by molar-refractivity contribution is -0.116. The van der Waals surface area contributed by atoms with Crippen LogP contribution in [0, 0.1) is 5.82 Å². The molecule has 4 aromatic rings. The molecule has 2 aromatic heterocycles. The summed E-state index contributed by atoms with van der Waals surface area (Å²) < 4.78 is 21.2. The summed E-state index contributed by atoms with van der Waals surface area (Å²) >= 11 is 6.95. The number of nitrogens with zero attached hydrogens (tertiary/aromatic N) is 2. The normalized spacial score (nSPS) is 11.0. The van der Waals surface area contributed by atoms with Crippen LogP contribution in [0.4, 0.5) is 10.1 Å². The molecular formula is C22H17ClFN3O4S. The first-order valence-corrected chi connectivity index (χ1v) is 10.7. The Kier molecular flexibility index (Phi) is 6.11. The number of rotatable bonds is 6. The van der Waals surface area contributed by atoms with Crippen LogP contribution < -0.4 is 21.3 Å². The Morgan fingerprint density at radius 1 is 1.12 bits per heavy atom. The number of aromatic nitrogens is 2. The first-order chi connectivity index (χ1) is 15.4. The van der Waals surface area contributed by atoms with Crippen molar-refractivity contribution in [1.29, 1.82) is 0 Å². The van der Waals surface area contributed by atoms with Crippen molar-refractivity contribution in [2.75, 3.05) is 12.4 Å². The molecule has 1 N–H and O–H groups in total. The molecule has 4 rings (SSSR count). The van der Waals surface area contributed by atoms with Gasteiger partial charge in [-0.1, -0.05) is 23.7 Å². The van der Waals surface area contributed by atoms with E-state index >= 15 is 0 Å². The van der Waals surface area contributed by atoms with E-state index in [9.17, 15) is 18.8 Å². The zero-order chi connectivity index (χ0) is 22.8. The maximum atomic E-state index is 13.4. The van der Waals surface area contributed by atoms with Crippen molar-refractivity contribution in [2.24, 2.45) is 0 Å². The second kappa shape index (κ2) is 8.97. The minimum Gasteiger partial charge on any atom is -0.497 e. The van der Waals surface area contributed by atoms with Crippen molar-refractivity contribution in [3.05, 3.63) is 91.2 Å². The predicted octanol–water partition coefficient (Wildman–Crippen LogP) is 3.71. The Labute approximate surface area is 190 Å². The molecule has 0 saturated heterocycles. The van der Waals surface area contributed by atoms with Gasteiger partial charge in [-0.05, 0) is 47.3 Å². The lowest BCUT2D eigenvalue weighted by Crippen LogP contribution is -2.41. The number of ether oxygens (including phenoxy) is 1. The van der Waals surface area contributed by atoms with E-state index in [1.165, 1.54) is 28.0 Å². The molecule has 0 aliphatic heterocycles. The highest BCUT2D eigenvalue weighted by Crippen LogP contribution is 2.20. The Bertz CT molecular complexity index is 1430. The fourth-order valence-corrected chi connectivity index (χ4v) is 4.28. The number of methoxy groups -OCH3 is 1. The maximum absolute atomic E-state index is 13.4. The van der Waals surface area contributed by atoms with Crippen LogP contribution in [0.2, 0.25) is 5.02 Å². The lowest BCUT2D eigenvalue weighted by atomic mass is 10.2. The largest absolute Gasteiger partial charge is 0.497 e. The van der Waals surface area contributed by atoms with Crippen LogP contribution in [0.1, 0.15) is 5.56 Å². The van der Waals surface area contributed by atoms with E-state index in [2.05, 4.69) is 5.32 Å². The van der Waals surface area contributed by atoms with E-state index in [4.69, 9.17) is 16.3 Å². The first-order valence-electron chi connectivity index (χ1n) is 9.46. The van der Waals surface area contributed by atoms with Crippen LogP contribution in [0.5, 0.6) is 5.75 Å². The summed E-state index contributed by atoms with van der Waals surface area (Å²) in [6.45, 7) is -0.283. The fraction of sp³-hybridized carbons (Fsp3) is 0.136. The van der Waals surface area contributed by atoms with Crippen LogP contribution in [0.25, 0.3) is 10.2 Å². The number of benzene rings is 2. The number of halogens is 2. The Morgan fingerprint density at radius 2 is 1.88 bits per heavy atom. The monoisotopic (exact) mass is 473 g/mol. The van der Waals surface area contributed by atoms with E-state index in [0.29, 0.717) is 21.7 Å². The number of anilines is 1. The van der Waals surface area contributed by atoms with Gasteiger partial charge in [0.25, 0.3) is 5.56 Å². The molecule has 0 fully saturated rings. The SMILES string of the molecule is COc1ccc(Cn2c(=O)c3sccc3n(CC(=O)Nc3ccc(F)c(Cl)c3)c2=O)cc1. The highest BCUT2D eigenvalue weighted by Gasteiger charge is 2.17.